The first kappa shape index (κ1) is 14.4. The summed E-state index contributed by atoms with van der Waals surface area (Å²) >= 11 is 0. The van der Waals surface area contributed by atoms with Crippen LogP contribution in [-0.2, 0) is 20.8 Å². The van der Waals surface area contributed by atoms with Crippen molar-refractivity contribution >= 4 is 20.8 Å². The molecule has 18 heavy (non-hydrogen) atoms. The van der Waals surface area contributed by atoms with Gasteiger partial charge in [-0.3, -0.25) is 4.21 Å². The van der Waals surface area contributed by atoms with Crippen molar-refractivity contribution in [3.05, 3.63) is 0 Å². The molecule has 0 aliphatic carbocycles. The van der Waals surface area contributed by atoms with Crippen LogP contribution in [0.5, 0.6) is 0 Å². The highest BCUT2D eigenvalue weighted by molar-refractivity contribution is 7.89. The van der Waals surface area contributed by atoms with Crippen LogP contribution in [0.3, 0.4) is 0 Å². The van der Waals surface area contributed by atoms with Gasteiger partial charge in [0.05, 0.1) is 5.75 Å². The molecule has 0 atom stereocenters. The van der Waals surface area contributed by atoms with Crippen molar-refractivity contribution in [2.75, 3.05) is 43.4 Å². The molecule has 7 heteroatoms. The molecule has 0 saturated carbocycles. The molecule has 106 valence electrons. The SMILES string of the molecule is O=S1CCN(S(=O)(=O)CCC2CCNCC2)CC1. The second kappa shape index (κ2) is 6.45. The van der Waals surface area contributed by atoms with Gasteiger partial charge >= 0.3 is 0 Å². The molecule has 2 rings (SSSR count). The number of piperidine rings is 1. The molecular formula is C11H22N2O3S2. The predicted octanol–water partition coefficient (Wildman–Crippen LogP) is -0.230. The van der Waals surface area contributed by atoms with E-state index >= 15 is 0 Å². The number of nitrogens with one attached hydrogen (secondary N) is 1. The third-order valence-corrected chi connectivity index (χ3v) is 6.95. The molecule has 0 radical (unpaired) electrons. The average molecular weight is 294 g/mol. The Bertz CT molecular complexity index is 381. The predicted molar refractivity (Wildman–Crippen MR) is 73.4 cm³/mol. The van der Waals surface area contributed by atoms with Crippen LogP contribution < -0.4 is 5.32 Å². The van der Waals surface area contributed by atoms with E-state index < -0.39 is 20.8 Å². The van der Waals surface area contributed by atoms with E-state index in [0.717, 1.165) is 32.4 Å². The third-order valence-electron chi connectivity index (χ3n) is 3.77. The summed E-state index contributed by atoms with van der Waals surface area (Å²) in [6, 6.07) is 0. The van der Waals surface area contributed by atoms with Crippen LogP contribution in [0.1, 0.15) is 19.3 Å². The molecule has 0 aromatic rings. The zero-order valence-electron chi connectivity index (χ0n) is 10.6. The van der Waals surface area contributed by atoms with E-state index in [1.54, 1.807) is 0 Å². The van der Waals surface area contributed by atoms with Crippen LogP contribution in [0.15, 0.2) is 0 Å². The average Bonchev–Trinajstić information content (AvgIpc) is 2.38. The highest BCUT2D eigenvalue weighted by Gasteiger charge is 2.27. The molecule has 0 amide bonds. The highest BCUT2D eigenvalue weighted by Crippen LogP contribution is 2.18. The summed E-state index contributed by atoms with van der Waals surface area (Å²) in [4.78, 5) is 0. The van der Waals surface area contributed by atoms with Gasteiger partial charge in [-0.15, -0.1) is 0 Å². The standard InChI is InChI=1S/C11H22N2O3S2/c14-17-8-6-13(7-9-17)18(15,16)10-3-11-1-4-12-5-2-11/h11-12H,1-10H2. The summed E-state index contributed by atoms with van der Waals surface area (Å²) in [5, 5.41) is 3.29. The molecule has 0 unspecified atom stereocenters. The van der Waals surface area contributed by atoms with E-state index in [-0.39, 0.29) is 5.75 Å². The molecule has 2 heterocycles. The molecule has 2 aliphatic heterocycles. The van der Waals surface area contributed by atoms with E-state index in [1.807, 2.05) is 0 Å². The summed E-state index contributed by atoms with van der Waals surface area (Å²) in [6.07, 6.45) is 2.93. The largest absolute Gasteiger partial charge is 0.317 e. The van der Waals surface area contributed by atoms with Crippen molar-refractivity contribution in [3.63, 3.8) is 0 Å². The fourth-order valence-corrected chi connectivity index (χ4v) is 5.43. The Morgan fingerprint density at radius 3 is 2.39 bits per heavy atom. The van der Waals surface area contributed by atoms with Gasteiger partial charge in [0.2, 0.25) is 10.0 Å². The van der Waals surface area contributed by atoms with Gasteiger partial charge in [0.15, 0.2) is 0 Å². The van der Waals surface area contributed by atoms with Gasteiger partial charge in [0.1, 0.15) is 0 Å². The number of sulfonamides is 1. The molecular weight excluding hydrogens is 272 g/mol. The Hall–Kier alpha value is 0.0200. The number of hydrogen-bond acceptors (Lipinski definition) is 4. The van der Waals surface area contributed by atoms with Crippen LogP contribution in [0.2, 0.25) is 0 Å². The van der Waals surface area contributed by atoms with Crippen LogP contribution in [0.25, 0.3) is 0 Å². The zero-order valence-corrected chi connectivity index (χ0v) is 12.3. The molecule has 2 fully saturated rings. The quantitative estimate of drug-likeness (QED) is 0.778. The van der Waals surface area contributed by atoms with Crippen molar-refractivity contribution in [2.24, 2.45) is 5.92 Å². The molecule has 2 saturated heterocycles. The Morgan fingerprint density at radius 1 is 1.17 bits per heavy atom. The monoisotopic (exact) mass is 294 g/mol. The second-order valence-corrected chi connectivity index (χ2v) is 8.83. The smallest absolute Gasteiger partial charge is 0.214 e. The summed E-state index contributed by atoms with van der Waals surface area (Å²) in [7, 11) is -3.95. The first-order chi connectivity index (χ1) is 8.58. The molecule has 0 aromatic heterocycles. The summed E-state index contributed by atoms with van der Waals surface area (Å²) in [5.74, 6) is 1.78. The van der Waals surface area contributed by atoms with Crippen molar-refractivity contribution in [1.82, 2.24) is 9.62 Å². The Kier molecular flexibility index (Phi) is 5.17. The lowest BCUT2D eigenvalue weighted by Gasteiger charge is -2.27. The van der Waals surface area contributed by atoms with Crippen molar-refractivity contribution in [3.8, 4) is 0 Å². The highest BCUT2D eigenvalue weighted by atomic mass is 32.2. The molecule has 2 aliphatic rings. The maximum Gasteiger partial charge on any atom is 0.214 e. The van der Waals surface area contributed by atoms with Gasteiger partial charge in [0, 0.05) is 35.4 Å². The third kappa shape index (κ3) is 4.01. The molecule has 0 spiro atoms. The lowest BCUT2D eigenvalue weighted by molar-refractivity contribution is 0.361. The Labute approximate surface area is 112 Å². The van der Waals surface area contributed by atoms with E-state index in [0.29, 0.717) is 30.5 Å². The Balaban J connectivity index is 1.81. The number of hydrogen-bond donors (Lipinski definition) is 1. The van der Waals surface area contributed by atoms with Gasteiger partial charge in [-0.2, -0.15) is 0 Å². The van der Waals surface area contributed by atoms with Gasteiger partial charge in [-0.05, 0) is 38.3 Å². The van der Waals surface area contributed by atoms with E-state index in [4.69, 9.17) is 0 Å². The lowest BCUT2D eigenvalue weighted by atomic mass is 9.96. The fraction of sp³-hybridized carbons (Fsp3) is 1.00. The fourth-order valence-electron chi connectivity index (χ4n) is 2.51. The van der Waals surface area contributed by atoms with Crippen molar-refractivity contribution in [2.45, 2.75) is 19.3 Å². The molecule has 0 aromatic carbocycles. The van der Waals surface area contributed by atoms with Gasteiger partial charge < -0.3 is 5.32 Å². The van der Waals surface area contributed by atoms with E-state index in [1.165, 1.54) is 4.31 Å². The van der Waals surface area contributed by atoms with E-state index in [9.17, 15) is 12.6 Å². The van der Waals surface area contributed by atoms with Crippen LogP contribution in [-0.4, -0.2) is 60.4 Å². The molecule has 1 N–H and O–H groups in total. The Morgan fingerprint density at radius 2 is 1.78 bits per heavy atom. The normalized spacial score (nSPS) is 25.3. The van der Waals surface area contributed by atoms with Gasteiger partial charge in [-0.25, -0.2) is 12.7 Å². The number of nitrogens with zero attached hydrogens (tertiary/aromatic N) is 1. The maximum atomic E-state index is 12.1. The minimum Gasteiger partial charge on any atom is -0.317 e. The summed E-state index contributed by atoms with van der Waals surface area (Å²) in [5.41, 5.74) is 0. The second-order valence-electron chi connectivity index (χ2n) is 5.05. The minimum absolute atomic E-state index is 0.254. The van der Waals surface area contributed by atoms with Crippen molar-refractivity contribution < 1.29 is 12.6 Å². The maximum absolute atomic E-state index is 12.1. The van der Waals surface area contributed by atoms with Crippen LogP contribution in [0.4, 0.5) is 0 Å². The van der Waals surface area contributed by atoms with Crippen LogP contribution in [0, 0.1) is 5.92 Å². The zero-order chi connectivity index (χ0) is 13.0. The molecule has 0 bridgehead atoms. The van der Waals surface area contributed by atoms with Crippen molar-refractivity contribution in [1.29, 1.82) is 0 Å². The van der Waals surface area contributed by atoms with E-state index in [2.05, 4.69) is 5.32 Å². The summed E-state index contributed by atoms with van der Waals surface area (Å²) < 4.78 is 37.0. The molecule has 5 nitrogen and oxygen atoms in total. The first-order valence-electron chi connectivity index (χ1n) is 6.61. The lowest BCUT2D eigenvalue weighted by Crippen LogP contribution is -2.43. The first-order valence-corrected chi connectivity index (χ1v) is 9.71. The van der Waals surface area contributed by atoms with Crippen LogP contribution >= 0.6 is 0 Å². The minimum atomic E-state index is -3.13. The summed E-state index contributed by atoms with van der Waals surface area (Å²) in [6.45, 7) is 2.88. The van der Waals surface area contributed by atoms with Gasteiger partial charge in [-0.1, -0.05) is 0 Å². The topological polar surface area (TPSA) is 66.5 Å². The number of rotatable bonds is 4. The van der Waals surface area contributed by atoms with Gasteiger partial charge in [0.25, 0.3) is 0 Å².